The molecular weight excluding hydrogens is 172 g/mol. The summed E-state index contributed by atoms with van der Waals surface area (Å²) in [6, 6.07) is 2.89. The first-order valence-corrected chi connectivity index (χ1v) is 3.90. The minimum absolute atomic E-state index is 0.0171. The van der Waals surface area contributed by atoms with Crippen molar-refractivity contribution in [1.29, 1.82) is 0 Å². The molecule has 1 heterocycles. The molecule has 0 aliphatic heterocycles. The van der Waals surface area contributed by atoms with Gasteiger partial charge in [-0.15, -0.1) is 0 Å². The van der Waals surface area contributed by atoms with Gasteiger partial charge in [-0.25, -0.2) is 4.98 Å². The first kappa shape index (κ1) is 9.44. The SMILES string of the molecule is CCOc1ccc([N+](=O)[O-])c(C)n1. The maximum absolute atomic E-state index is 10.4. The summed E-state index contributed by atoms with van der Waals surface area (Å²) in [7, 11) is 0. The molecule has 1 aromatic heterocycles. The van der Waals surface area contributed by atoms with E-state index in [0.717, 1.165) is 0 Å². The molecule has 0 radical (unpaired) electrons. The van der Waals surface area contributed by atoms with Crippen molar-refractivity contribution < 1.29 is 9.66 Å². The van der Waals surface area contributed by atoms with Crippen LogP contribution >= 0.6 is 0 Å². The van der Waals surface area contributed by atoms with E-state index in [4.69, 9.17) is 4.74 Å². The van der Waals surface area contributed by atoms with E-state index in [2.05, 4.69) is 4.98 Å². The van der Waals surface area contributed by atoms with Crippen LogP contribution in [-0.2, 0) is 0 Å². The van der Waals surface area contributed by atoms with E-state index in [1.165, 1.54) is 12.1 Å². The summed E-state index contributed by atoms with van der Waals surface area (Å²) in [5.41, 5.74) is 0.388. The highest BCUT2D eigenvalue weighted by atomic mass is 16.6. The Morgan fingerprint density at radius 1 is 1.62 bits per heavy atom. The second-order valence-corrected chi connectivity index (χ2v) is 2.44. The molecule has 13 heavy (non-hydrogen) atoms. The average molecular weight is 182 g/mol. The van der Waals surface area contributed by atoms with Crippen molar-refractivity contribution in [3.8, 4) is 5.88 Å². The molecule has 1 rings (SSSR count). The van der Waals surface area contributed by atoms with Gasteiger partial charge in [0.1, 0.15) is 5.69 Å². The highest BCUT2D eigenvalue weighted by molar-refractivity contribution is 5.36. The maximum Gasteiger partial charge on any atom is 0.290 e. The molecular formula is C8H10N2O3. The summed E-state index contributed by atoms with van der Waals surface area (Å²) in [5, 5.41) is 10.4. The summed E-state index contributed by atoms with van der Waals surface area (Å²) in [6.45, 7) is 3.92. The fourth-order valence-corrected chi connectivity index (χ4v) is 0.952. The molecule has 0 unspecified atom stereocenters. The molecule has 5 nitrogen and oxygen atoms in total. The van der Waals surface area contributed by atoms with Crippen molar-refractivity contribution in [3.05, 3.63) is 27.9 Å². The number of ether oxygens (including phenoxy) is 1. The normalized spacial score (nSPS) is 9.69. The first-order chi connectivity index (χ1) is 6.15. The molecule has 70 valence electrons. The Morgan fingerprint density at radius 3 is 2.77 bits per heavy atom. The quantitative estimate of drug-likeness (QED) is 0.527. The number of aryl methyl sites for hydroxylation is 1. The van der Waals surface area contributed by atoms with Crippen molar-refractivity contribution in [3.63, 3.8) is 0 Å². The van der Waals surface area contributed by atoms with Gasteiger partial charge in [0.15, 0.2) is 0 Å². The molecule has 0 fully saturated rings. The lowest BCUT2D eigenvalue weighted by Gasteiger charge is -2.02. The van der Waals surface area contributed by atoms with Gasteiger partial charge < -0.3 is 4.74 Å². The summed E-state index contributed by atoms with van der Waals surface area (Å²) >= 11 is 0. The van der Waals surface area contributed by atoms with Gasteiger partial charge in [0.05, 0.1) is 11.5 Å². The molecule has 0 saturated heterocycles. The van der Waals surface area contributed by atoms with Crippen LogP contribution < -0.4 is 4.74 Å². The highest BCUT2D eigenvalue weighted by Crippen LogP contribution is 2.18. The van der Waals surface area contributed by atoms with Crippen molar-refractivity contribution in [2.24, 2.45) is 0 Å². The Balaban J connectivity index is 2.98. The molecule has 0 N–H and O–H groups in total. The largest absolute Gasteiger partial charge is 0.478 e. The molecule has 0 aliphatic rings. The van der Waals surface area contributed by atoms with Crippen LogP contribution in [0.15, 0.2) is 12.1 Å². The first-order valence-electron chi connectivity index (χ1n) is 3.90. The van der Waals surface area contributed by atoms with E-state index in [0.29, 0.717) is 18.2 Å². The molecule has 1 aromatic rings. The van der Waals surface area contributed by atoms with Gasteiger partial charge in [-0.05, 0) is 13.8 Å². The Morgan fingerprint density at radius 2 is 2.31 bits per heavy atom. The highest BCUT2D eigenvalue weighted by Gasteiger charge is 2.11. The van der Waals surface area contributed by atoms with Crippen LogP contribution in [0.5, 0.6) is 5.88 Å². The van der Waals surface area contributed by atoms with Gasteiger partial charge in [-0.2, -0.15) is 0 Å². The van der Waals surface area contributed by atoms with E-state index >= 15 is 0 Å². The zero-order chi connectivity index (χ0) is 9.84. The summed E-state index contributed by atoms with van der Waals surface area (Å²) in [6.07, 6.45) is 0. The predicted octanol–water partition coefficient (Wildman–Crippen LogP) is 1.70. The lowest BCUT2D eigenvalue weighted by molar-refractivity contribution is -0.385. The van der Waals surface area contributed by atoms with Gasteiger partial charge in [0.2, 0.25) is 5.88 Å². The van der Waals surface area contributed by atoms with Crippen LogP contribution in [0.2, 0.25) is 0 Å². The fourth-order valence-electron chi connectivity index (χ4n) is 0.952. The zero-order valence-electron chi connectivity index (χ0n) is 7.48. The van der Waals surface area contributed by atoms with Crippen molar-refractivity contribution in [2.75, 3.05) is 6.61 Å². The van der Waals surface area contributed by atoms with E-state index in [1.54, 1.807) is 6.92 Å². The van der Waals surface area contributed by atoms with Crippen LogP contribution in [0.3, 0.4) is 0 Å². The number of pyridine rings is 1. The number of hydrogen-bond acceptors (Lipinski definition) is 4. The summed E-state index contributed by atoms with van der Waals surface area (Å²) in [4.78, 5) is 13.9. The van der Waals surface area contributed by atoms with E-state index in [9.17, 15) is 10.1 Å². The Bertz CT molecular complexity index is 325. The van der Waals surface area contributed by atoms with Crippen LogP contribution in [0.4, 0.5) is 5.69 Å². The Kier molecular flexibility index (Phi) is 2.79. The summed E-state index contributed by atoms with van der Waals surface area (Å²) < 4.78 is 5.09. The van der Waals surface area contributed by atoms with Crippen LogP contribution in [-0.4, -0.2) is 16.5 Å². The molecule has 0 bridgehead atoms. The zero-order valence-corrected chi connectivity index (χ0v) is 7.48. The van der Waals surface area contributed by atoms with Crippen molar-refractivity contribution in [2.45, 2.75) is 13.8 Å². The van der Waals surface area contributed by atoms with Gasteiger partial charge in [0, 0.05) is 12.1 Å². The third-order valence-electron chi connectivity index (χ3n) is 1.52. The molecule has 0 aliphatic carbocycles. The van der Waals surface area contributed by atoms with E-state index in [1.807, 2.05) is 6.92 Å². The third-order valence-corrected chi connectivity index (χ3v) is 1.52. The maximum atomic E-state index is 10.4. The lowest BCUT2D eigenvalue weighted by atomic mass is 10.3. The van der Waals surface area contributed by atoms with Gasteiger partial charge in [-0.1, -0.05) is 0 Å². The second kappa shape index (κ2) is 3.84. The molecule has 0 spiro atoms. The molecule has 0 saturated carbocycles. The van der Waals surface area contributed by atoms with Gasteiger partial charge >= 0.3 is 0 Å². The molecule has 0 amide bonds. The minimum atomic E-state index is -0.460. The van der Waals surface area contributed by atoms with Crippen molar-refractivity contribution in [1.82, 2.24) is 4.98 Å². The van der Waals surface area contributed by atoms with E-state index < -0.39 is 4.92 Å². The van der Waals surface area contributed by atoms with Gasteiger partial charge in [0.25, 0.3) is 5.69 Å². The second-order valence-electron chi connectivity index (χ2n) is 2.44. The molecule has 5 heteroatoms. The van der Waals surface area contributed by atoms with Crippen molar-refractivity contribution >= 4 is 5.69 Å². The topological polar surface area (TPSA) is 65.3 Å². The third kappa shape index (κ3) is 2.14. The Labute approximate surface area is 75.5 Å². The number of aromatic nitrogens is 1. The number of rotatable bonds is 3. The summed E-state index contributed by atoms with van der Waals surface area (Å²) in [5.74, 6) is 0.422. The van der Waals surface area contributed by atoms with Crippen LogP contribution in [0.25, 0.3) is 0 Å². The predicted molar refractivity (Wildman–Crippen MR) is 46.8 cm³/mol. The number of nitrogens with zero attached hydrogens (tertiary/aromatic N) is 2. The van der Waals surface area contributed by atoms with Crippen LogP contribution in [0.1, 0.15) is 12.6 Å². The Hall–Kier alpha value is -1.65. The lowest BCUT2D eigenvalue weighted by Crippen LogP contribution is -1.98. The number of hydrogen-bond donors (Lipinski definition) is 0. The standard InChI is InChI=1S/C8H10N2O3/c1-3-13-8-5-4-7(10(11)12)6(2)9-8/h4-5H,3H2,1-2H3. The molecule has 0 atom stereocenters. The average Bonchev–Trinajstić information content (AvgIpc) is 2.04. The smallest absolute Gasteiger partial charge is 0.290 e. The van der Waals surface area contributed by atoms with E-state index in [-0.39, 0.29) is 5.69 Å². The monoisotopic (exact) mass is 182 g/mol. The fraction of sp³-hybridized carbons (Fsp3) is 0.375. The van der Waals surface area contributed by atoms with Gasteiger partial charge in [-0.3, -0.25) is 10.1 Å². The molecule has 0 aromatic carbocycles. The number of nitro groups is 1. The minimum Gasteiger partial charge on any atom is -0.478 e. The van der Waals surface area contributed by atoms with Crippen LogP contribution in [0, 0.1) is 17.0 Å².